The van der Waals surface area contributed by atoms with E-state index in [0.717, 1.165) is 28.9 Å². The summed E-state index contributed by atoms with van der Waals surface area (Å²) in [6, 6.07) is 21.0. The molecular weight excluding hydrogens is 443 g/mol. The summed E-state index contributed by atoms with van der Waals surface area (Å²) in [5.41, 5.74) is 4.84. The van der Waals surface area contributed by atoms with Crippen molar-refractivity contribution in [2.24, 2.45) is 0 Å². The molecule has 0 bridgehead atoms. The highest BCUT2D eigenvalue weighted by molar-refractivity contribution is 6.36. The highest BCUT2D eigenvalue weighted by atomic mass is 35.5. The molecule has 0 saturated heterocycles. The largest absolute Gasteiger partial charge is 0.494 e. The summed E-state index contributed by atoms with van der Waals surface area (Å²) < 4.78 is 5.62. The summed E-state index contributed by atoms with van der Waals surface area (Å²) in [6.07, 6.45) is 0.768. The van der Waals surface area contributed by atoms with Gasteiger partial charge >= 0.3 is 0 Å². The number of nitrogens with one attached hydrogen (secondary N) is 1. The number of aromatic amines is 1. The second-order valence-corrected chi connectivity index (χ2v) is 8.68. The second-order valence-electron chi connectivity index (χ2n) is 7.84. The van der Waals surface area contributed by atoms with E-state index < -0.39 is 0 Å². The lowest BCUT2D eigenvalue weighted by molar-refractivity contribution is 0.0692. The van der Waals surface area contributed by atoms with Crippen LogP contribution in [-0.2, 0) is 6.42 Å². The monoisotopic (exact) mass is 464 g/mol. The molecule has 2 heterocycles. The van der Waals surface area contributed by atoms with Crippen molar-refractivity contribution < 1.29 is 9.53 Å². The van der Waals surface area contributed by atoms with E-state index in [4.69, 9.17) is 27.9 Å². The van der Waals surface area contributed by atoms with Crippen LogP contribution in [-0.4, -0.2) is 28.9 Å². The Labute approximate surface area is 196 Å². The maximum Gasteiger partial charge on any atom is 0.256 e. The Kier molecular flexibility index (Phi) is 5.58. The van der Waals surface area contributed by atoms with Crippen LogP contribution in [0.1, 0.15) is 40.1 Å². The Hall–Kier alpha value is -2.95. The van der Waals surface area contributed by atoms with Crippen LogP contribution in [0, 0.1) is 0 Å². The Morgan fingerprint density at radius 1 is 1.09 bits per heavy atom. The summed E-state index contributed by atoms with van der Waals surface area (Å²) in [6.45, 7) is 3.15. The number of hydrogen-bond donors (Lipinski definition) is 1. The third kappa shape index (κ3) is 3.64. The van der Waals surface area contributed by atoms with Crippen molar-refractivity contribution in [3.63, 3.8) is 0 Å². The van der Waals surface area contributed by atoms with Gasteiger partial charge in [-0.1, -0.05) is 53.5 Å². The van der Waals surface area contributed by atoms with E-state index in [1.165, 1.54) is 10.9 Å². The number of aromatic nitrogens is 1. The molecule has 6 heteroatoms. The topological polar surface area (TPSA) is 45.3 Å². The van der Waals surface area contributed by atoms with Crippen molar-refractivity contribution in [1.29, 1.82) is 0 Å². The average molecular weight is 465 g/mol. The van der Waals surface area contributed by atoms with Gasteiger partial charge in [0, 0.05) is 28.2 Å². The van der Waals surface area contributed by atoms with Crippen LogP contribution in [0.3, 0.4) is 0 Å². The molecule has 5 rings (SSSR count). The van der Waals surface area contributed by atoms with Crippen LogP contribution in [0.25, 0.3) is 10.9 Å². The number of fused-ring (bicyclic) bond motifs is 3. The number of H-pyrrole nitrogens is 1. The molecule has 4 aromatic rings. The molecule has 1 aliphatic heterocycles. The number of rotatable bonds is 4. The van der Waals surface area contributed by atoms with Crippen LogP contribution < -0.4 is 4.74 Å². The van der Waals surface area contributed by atoms with Crippen LogP contribution in [0.4, 0.5) is 0 Å². The van der Waals surface area contributed by atoms with Gasteiger partial charge in [0.2, 0.25) is 0 Å². The van der Waals surface area contributed by atoms with Gasteiger partial charge in [0.15, 0.2) is 0 Å². The lowest BCUT2D eigenvalue weighted by atomic mass is 9.91. The minimum Gasteiger partial charge on any atom is -0.494 e. The standard InChI is InChI=1S/C26H22Cl2N2O2/c1-2-32-18-10-7-16(8-11-18)25-24-20(19-5-3-4-6-23(19)29-24)13-14-30(25)26(31)21-12-9-17(27)15-22(21)28/h3-12,15,25,29H,2,13-14H2,1H3/t25-/m0/s1. The minimum atomic E-state index is -0.263. The Bertz CT molecular complexity index is 1300. The van der Waals surface area contributed by atoms with Gasteiger partial charge in [-0.2, -0.15) is 0 Å². The minimum absolute atomic E-state index is 0.116. The number of ether oxygens (including phenoxy) is 1. The second kappa shape index (κ2) is 8.53. The first kappa shape index (κ1) is 20.9. The highest BCUT2D eigenvalue weighted by Gasteiger charge is 2.35. The van der Waals surface area contributed by atoms with Crippen molar-refractivity contribution in [3.05, 3.63) is 99.2 Å². The Morgan fingerprint density at radius 3 is 2.62 bits per heavy atom. The zero-order valence-electron chi connectivity index (χ0n) is 17.6. The van der Waals surface area contributed by atoms with Crippen LogP contribution in [0.15, 0.2) is 66.7 Å². The molecule has 0 unspecified atom stereocenters. The van der Waals surface area contributed by atoms with E-state index in [-0.39, 0.29) is 11.9 Å². The zero-order valence-corrected chi connectivity index (χ0v) is 19.1. The molecule has 1 aliphatic rings. The molecule has 1 amide bonds. The van der Waals surface area contributed by atoms with E-state index in [9.17, 15) is 4.79 Å². The smallest absolute Gasteiger partial charge is 0.256 e. The van der Waals surface area contributed by atoms with Gasteiger partial charge in [0.05, 0.1) is 23.2 Å². The predicted octanol–water partition coefficient (Wildman–Crippen LogP) is 6.66. The van der Waals surface area contributed by atoms with Gasteiger partial charge in [-0.25, -0.2) is 0 Å². The normalized spacial score (nSPS) is 15.6. The fourth-order valence-corrected chi connectivity index (χ4v) is 5.03. The first-order chi connectivity index (χ1) is 15.6. The van der Waals surface area contributed by atoms with Gasteiger partial charge in [0.25, 0.3) is 5.91 Å². The lowest BCUT2D eigenvalue weighted by Crippen LogP contribution is -2.40. The number of amides is 1. The Balaban J connectivity index is 1.63. The van der Waals surface area contributed by atoms with E-state index >= 15 is 0 Å². The number of carbonyl (C=O) groups excluding carboxylic acids is 1. The summed E-state index contributed by atoms with van der Waals surface area (Å²) >= 11 is 12.5. The van der Waals surface area contributed by atoms with E-state index in [1.54, 1.807) is 18.2 Å². The van der Waals surface area contributed by atoms with Gasteiger partial charge in [-0.3, -0.25) is 4.79 Å². The van der Waals surface area contributed by atoms with Crippen LogP contribution >= 0.6 is 23.2 Å². The van der Waals surface area contributed by atoms with Crippen molar-refractivity contribution in [2.75, 3.05) is 13.2 Å². The number of nitrogens with zero attached hydrogens (tertiary/aromatic N) is 1. The highest BCUT2D eigenvalue weighted by Crippen LogP contribution is 2.40. The fourth-order valence-electron chi connectivity index (χ4n) is 4.54. The molecule has 32 heavy (non-hydrogen) atoms. The molecule has 3 aromatic carbocycles. The molecule has 1 atom stereocenters. The molecule has 0 fully saturated rings. The molecule has 0 spiro atoms. The molecule has 0 aliphatic carbocycles. The molecule has 0 radical (unpaired) electrons. The summed E-state index contributed by atoms with van der Waals surface area (Å²) in [7, 11) is 0. The Morgan fingerprint density at radius 2 is 1.88 bits per heavy atom. The number of hydrogen-bond acceptors (Lipinski definition) is 2. The van der Waals surface area contributed by atoms with Crippen molar-refractivity contribution in [2.45, 2.75) is 19.4 Å². The maximum absolute atomic E-state index is 13.7. The number of carbonyl (C=O) groups is 1. The molecule has 1 aromatic heterocycles. The van der Waals surface area contributed by atoms with Gasteiger partial charge in [0.1, 0.15) is 5.75 Å². The number of para-hydroxylation sites is 1. The van der Waals surface area contributed by atoms with E-state index in [1.807, 2.05) is 48.2 Å². The third-order valence-corrected chi connectivity index (χ3v) is 6.51. The molecule has 162 valence electrons. The third-order valence-electron chi connectivity index (χ3n) is 5.96. The lowest BCUT2D eigenvalue weighted by Gasteiger charge is -2.36. The average Bonchev–Trinajstić information content (AvgIpc) is 3.18. The van der Waals surface area contributed by atoms with E-state index in [2.05, 4.69) is 17.1 Å². The van der Waals surface area contributed by atoms with Crippen LogP contribution in [0.5, 0.6) is 5.75 Å². The number of halogens is 2. The molecule has 1 N–H and O–H groups in total. The van der Waals surface area contributed by atoms with Crippen molar-refractivity contribution in [1.82, 2.24) is 9.88 Å². The molecule has 0 saturated carbocycles. The van der Waals surface area contributed by atoms with E-state index in [0.29, 0.717) is 28.8 Å². The van der Waals surface area contributed by atoms with Gasteiger partial charge < -0.3 is 14.6 Å². The van der Waals surface area contributed by atoms with Gasteiger partial charge in [-0.15, -0.1) is 0 Å². The molecular formula is C26H22Cl2N2O2. The fraction of sp³-hybridized carbons (Fsp3) is 0.192. The number of benzene rings is 3. The molecule has 4 nitrogen and oxygen atoms in total. The first-order valence-corrected chi connectivity index (χ1v) is 11.4. The van der Waals surface area contributed by atoms with Crippen LogP contribution in [0.2, 0.25) is 10.0 Å². The summed E-state index contributed by atoms with van der Waals surface area (Å²) in [5, 5.41) is 2.07. The maximum atomic E-state index is 13.7. The summed E-state index contributed by atoms with van der Waals surface area (Å²) in [5.74, 6) is 0.692. The van der Waals surface area contributed by atoms with Crippen molar-refractivity contribution >= 4 is 40.0 Å². The predicted molar refractivity (Wildman–Crippen MR) is 129 cm³/mol. The first-order valence-electron chi connectivity index (χ1n) is 10.6. The SMILES string of the molecule is CCOc1ccc([C@H]2c3[nH]c4ccccc4c3CCN2C(=O)c2ccc(Cl)cc2Cl)cc1. The quantitative estimate of drug-likeness (QED) is 0.366. The van der Waals surface area contributed by atoms with Gasteiger partial charge in [-0.05, 0) is 60.9 Å². The van der Waals surface area contributed by atoms with Crippen molar-refractivity contribution in [3.8, 4) is 5.75 Å². The summed E-state index contributed by atoms with van der Waals surface area (Å²) in [4.78, 5) is 19.1. The zero-order chi connectivity index (χ0) is 22.2.